The van der Waals surface area contributed by atoms with Crippen molar-refractivity contribution in [3.8, 4) is 0 Å². The fourth-order valence-corrected chi connectivity index (χ4v) is 0.551. The van der Waals surface area contributed by atoms with Gasteiger partial charge in [-0.3, -0.25) is 0 Å². The van der Waals surface area contributed by atoms with Crippen LogP contribution in [-0.4, -0.2) is 35.2 Å². The number of hydrogen-bond donors (Lipinski definition) is 4. The maximum atomic E-state index is 9.55. The van der Waals surface area contributed by atoms with Crippen molar-refractivity contribution in [1.29, 1.82) is 0 Å². The van der Waals surface area contributed by atoms with Gasteiger partial charge in [0.15, 0.2) is 0 Å². The summed E-state index contributed by atoms with van der Waals surface area (Å²) in [6.07, 6.45) is 5.89. The van der Waals surface area contributed by atoms with E-state index in [1.807, 2.05) is 0 Å². The molecule has 6 nitrogen and oxygen atoms in total. The van der Waals surface area contributed by atoms with Gasteiger partial charge in [-0.25, -0.2) is 9.59 Å². The third-order valence-electron chi connectivity index (χ3n) is 1.48. The SMILES string of the molecule is CCCCN.CCCCN.O=C(O)/C=C/C(=O)O. The summed E-state index contributed by atoms with van der Waals surface area (Å²) < 4.78 is 0. The molecule has 0 saturated carbocycles. The van der Waals surface area contributed by atoms with Gasteiger partial charge in [-0.05, 0) is 25.9 Å². The molecular formula is C12H26N2O4. The number of hydrogen-bond acceptors (Lipinski definition) is 4. The number of aliphatic carboxylic acids is 2. The maximum Gasteiger partial charge on any atom is 0.328 e. The summed E-state index contributed by atoms with van der Waals surface area (Å²) in [6.45, 7) is 5.95. The summed E-state index contributed by atoms with van der Waals surface area (Å²) >= 11 is 0. The lowest BCUT2D eigenvalue weighted by molar-refractivity contribution is -0.134. The Balaban J connectivity index is -0.000000197. The number of carboxylic acid groups (broad SMARTS) is 2. The van der Waals surface area contributed by atoms with Crippen LogP contribution in [0.1, 0.15) is 39.5 Å². The second-order valence-corrected chi connectivity index (χ2v) is 3.29. The second-order valence-electron chi connectivity index (χ2n) is 3.29. The first-order valence-electron chi connectivity index (χ1n) is 6.00. The Labute approximate surface area is 109 Å². The standard InChI is InChI=1S/2C4H11N.C4H4O4/c2*1-2-3-4-5;5-3(6)1-2-4(7)8/h2*2-5H2,1H3;1-2H,(H,5,6)(H,7,8)/b;;2-1+. The summed E-state index contributed by atoms with van der Waals surface area (Å²) in [6, 6.07) is 0. The minimum Gasteiger partial charge on any atom is -0.478 e. The third kappa shape index (κ3) is 46.8. The van der Waals surface area contributed by atoms with Crippen LogP contribution in [0.25, 0.3) is 0 Å². The molecule has 18 heavy (non-hydrogen) atoms. The Morgan fingerprint density at radius 3 is 1.22 bits per heavy atom. The van der Waals surface area contributed by atoms with Crippen LogP contribution in [0.2, 0.25) is 0 Å². The summed E-state index contributed by atoms with van der Waals surface area (Å²) in [5.41, 5.74) is 10.3. The van der Waals surface area contributed by atoms with E-state index in [1.54, 1.807) is 0 Å². The van der Waals surface area contributed by atoms with E-state index in [0.29, 0.717) is 12.2 Å². The van der Waals surface area contributed by atoms with Crippen LogP contribution in [0.4, 0.5) is 0 Å². The van der Waals surface area contributed by atoms with Gasteiger partial charge in [-0.15, -0.1) is 0 Å². The molecule has 6 heteroatoms. The quantitative estimate of drug-likeness (QED) is 0.533. The van der Waals surface area contributed by atoms with Gasteiger partial charge in [0.25, 0.3) is 0 Å². The normalized spacial score (nSPS) is 8.89. The molecule has 0 radical (unpaired) electrons. The van der Waals surface area contributed by atoms with Crippen molar-refractivity contribution in [2.75, 3.05) is 13.1 Å². The summed E-state index contributed by atoms with van der Waals surface area (Å²) in [7, 11) is 0. The molecule has 0 aromatic heterocycles. The highest BCUT2D eigenvalue weighted by atomic mass is 16.4. The lowest BCUT2D eigenvalue weighted by atomic mass is 10.3. The van der Waals surface area contributed by atoms with E-state index in [1.165, 1.54) is 25.7 Å². The Morgan fingerprint density at radius 2 is 1.17 bits per heavy atom. The van der Waals surface area contributed by atoms with Crippen molar-refractivity contribution in [3.05, 3.63) is 12.2 Å². The van der Waals surface area contributed by atoms with Crippen LogP contribution >= 0.6 is 0 Å². The number of unbranched alkanes of at least 4 members (excludes halogenated alkanes) is 2. The topological polar surface area (TPSA) is 127 Å². The Hall–Kier alpha value is -1.40. The van der Waals surface area contributed by atoms with Crippen molar-refractivity contribution in [1.82, 2.24) is 0 Å². The highest BCUT2D eigenvalue weighted by Gasteiger charge is 1.88. The summed E-state index contributed by atoms with van der Waals surface area (Å²) in [5, 5.41) is 15.6. The van der Waals surface area contributed by atoms with Crippen molar-refractivity contribution < 1.29 is 19.8 Å². The van der Waals surface area contributed by atoms with Crippen LogP contribution in [0.3, 0.4) is 0 Å². The Bertz CT molecular complexity index is 192. The Morgan fingerprint density at radius 1 is 0.889 bits per heavy atom. The molecule has 108 valence electrons. The smallest absolute Gasteiger partial charge is 0.328 e. The largest absolute Gasteiger partial charge is 0.478 e. The van der Waals surface area contributed by atoms with Gasteiger partial charge in [-0.1, -0.05) is 26.7 Å². The lowest BCUT2D eigenvalue weighted by Gasteiger charge is -1.80. The molecule has 0 aliphatic carbocycles. The Kier molecular flexibility index (Phi) is 25.4. The zero-order valence-electron chi connectivity index (χ0n) is 11.3. The lowest BCUT2D eigenvalue weighted by Crippen LogP contribution is -1.95. The van der Waals surface area contributed by atoms with E-state index in [0.717, 1.165) is 13.1 Å². The minimum atomic E-state index is -1.26. The average molecular weight is 262 g/mol. The average Bonchev–Trinajstić information content (AvgIpc) is 2.30. The number of nitrogens with two attached hydrogens (primary N) is 2. The molecule has 0 aliphatic heterocycles. The molecule has 0 unspecified atom stereocenters. The van der Waals surface area contributed by atoms with Crippen molar-refractivity contribution >= 4 is 11.9 Å². The van der Waals surface area contributed by atoms with Gasteiger partial charge >= 0.3 is 11.9 Å². The zero-order valence-corrected chi connectivity index (χ0v) is 11.3. The van der Waals surface area contributed by atoms with Crippen LogP contribution in [-0.2, 0) is 9.59 Å². The molecule has 6 N–H and O–H groups in total. The van der Waals surface area contributed by atoms with Gasteiger partial charge in [0.1, 0.15) is 0 Å². The van der Waals surface area contributed by atoms with Crippen molar-refractivity contribution in [2.45, 2.75) is 39.5 Å². The molecule has 0 saturated heterocycles. The molecule has 0 aromatic carbocycles. The molecule has 0 atom stereocenters. The van der Waals surface area contributed by atoms with Crippen molar-refractivity contribution in [3.63, 3.8) is 0 Å². The van der Waals surface area contributed by atoms with E-state index in [4.69, 9.17) is 21.7 Å². The summed E-state index contributed by atoms with van der Waals surface area (Å²) in [4.78, 5) is 19.1. The monoisotopic (exact) mass is 262 g/mol. The van der Waals surface area contributed by atoms with Crippen LogP contribution < -0.4 is 11.5 Å². The van der Waals surface area contributed by atoms with E-state index in [2.05, 4.69) is 13.8 Å². The van der Waals surface area contributed by atoms with Gasteiger partial charge in [0.2, 0.25) is 0 Å². The first-order valence-corrected chi connectivity index (χ1v) is 6.00. The molecule has 0 heterocycles. The molecule has 0 aliphatic rings. The number of carbonyl (C=O) groups is 2. The number of carboxylic acids is 2. The fourth-order valence-electron chi connectivity index (χ4n) is 0.551. The predicted octanol–water partition coefficient (Wildman–Crippen LogP) is 1.20. The van der Waals surface area contributed by atoms with Gasteiger partial charge in [-0.2, -0.15) is 0 Å². The molecule has 0 amide bonds. The second kappa shape index (κ2) is 20.9. The van der Waals surface area contributed by atoms with E-state index in [9.17, 15) is 9.59 Å². The van der Waals surface area contributed by atoms with Gasteiger partial charge in [0.05, 0.1) is 0 Å². The zero-order chi connectivity index (χ0) is 14.8. The fraction of sp³-hybridized carbons (Fsp3) is 0.667. The highest BCUT2D eigenvalue weighted by molar-refractivity contribution is 5.89. The molecule has 0 fully saturated rings. The van der Waals surface area contributed by atoms with Gasteiger partial charge in [0, 0.05) is 12.2 Å². The van der Waals surface area contributed by atoms with E-state index in [-0.39, 0.29) is 0 Å². The first kappa shape index (κ1) is 21.8. The molecule has 0 aromatic rings. The van der Waals surface area contributed by atoms with Crippen molar-refractivity contribution in [2.24, 2.45) is 11.5 Å². The molecule has 0 spiro atoms. The van der Waals surface area contributed by atoms with Crippen LogP contribution in [0.15, 0.2) is 12.2 Å². The highest BCUT2D eigenvalue weighted by Crippen LogP contribution is 1.77. The molecule has 0 rings (SSSR count). The summed E-state index contributed by atoms with van der Waals surface area (Å²) in [5.74, 6) is -2.51. The number of rotatable bonds is 6. The molecular weight excluding hydrogens is 236 g/mol. The molecule has 0 bridgehead atoms. The first-order chi connectivity index (χ1) is 8.45. The third-order valence-corrected chi connectivity index (χ3v) is 1.48. The van der Waals surface area contributed by atoms with Crippen LogP contribution in [0, 0.1) is 0 Å². The van der Waals surface area contributed by atoms with Gasteiger partial charge < -0.3 is 21.7 Å². The van der Waals surface area contributed by atoms with Crippen LogP contribution in [0.5, 0.6) is 0 Å². The van der Waals surface area contributed by atoms with E-state index < -0.39 is 11.9 Å². The maximum absolute atomic E-state index is 9.55. The predicted molar refractivity (Wildman–Crippen MR) is 72.3 cm³/mol. The minimum absolute atomic E-state index is 0.558. The van der Waals surface area contributed by atoms with E-state index >= 15 is 0 Å².